The quantitative estimate of drug-likeness (QED) is 0.640. The van der Waals surface area contributed by atoms with Gasteiger partial charge < -0.3 is 4.98 Å². The maximum absolute atomic E-state index is 13.0. The summed E-state index contributed by atoms with van der Waals surface area (Å²) in [6, 6.07) is 1.53. The molecule has 0 aliphatic heterocycles. The summed E-state index contributed by atoms with van der Waals surface area (Å²) < 4.78 is 39.7. The molecule has 2 rings (SSSR count). The fourth-order valence-electron chi connectivity index (χ4n) is 1.73. The summed E-state index contributed by atoms with van der Waals surface area (Å²) in [5, 5.41) is 10.9. The Bertz CT molecular complexity index is 761. The summed E-state index contributed by atoms with van der Waals surface area (Å²) >= 11 is 0. The number of imidazole rings is 1. The molecule has 21 heavy (non-hydrogen) atoms. The van der Waals surface area contributed by atoms with Gasteiger partial charge in [-0.25, -0.2) is 22.5 Å². The van der Waals surface area contributed by atoms with Gasteiger partial charge in [-0.05, 0) is 19.1 Å². The third-order valence-corrected chi connectivity index (χ3v) is 4.26. The average molecular weight is 314 g/mol. The van der Waals surface area contributed by atoms with E-state index in [4.69, 9.17) is 0 Å². The molecule has 8 nitrogen and oxygen atoms in total. The van der Waals surface area contributed by atoms with Gasteiger partial charge in [-0.1, -0.05) is 0 Å². The number of H-pyrrole nitrogens is 1. The van der Waals surface area contributed by atoms with Crippen LogP contribution in [0.25, 0.3) is 0 Å². The monoisotopic (exact) mass is 314 g/mol. The van der Waals surface area contributed by atoms with Crippen molar-refractivity contribution in [3.63, 3.8) is 0 Å². The van der Waals surface area contributed by atoms with E-state index >= 15 is 0 Å². The molecule has 0 fully saturated rings. The SMILES string of the molecule is CC(NS(=O)(=O)c1ccc(F)cc1[N+](=O)[O-])c1ncc[nH]1. The molecule has 1 aromatic carbocycles. The Morgan fingerprint density at radius 1 is 1.48 bits per heavy atom. The Morgan fingerprint density at radius 3 is 2.76 bits per heavy atom. The van der Waals surface area contributed by atoms with Crippen LogP contribution < -0.4 is 4.72 Å². The largest absolute Gasteiger partial charge is 0.347 e. The van der Waals surface area contributed by atoms with Crippen molar-refractivity contribution < 1.29 is 17.7 Å². The van der Waals surface area contributed by atoms with Gasteiger partial charge in [0.05, 0.1) is 17.0 Å². The smallest absolute Gasteiger partial charge is 0.292 e. The fourth-order valence-corrected chi connectivity index (χ4v) is 3.09. The van der Waals surface area contributed by atoms with Gasteiger partial charge in [0.25, 0.3) is 5.69 Å². The molecule has 2 aromatic rings. The van der Waals surface area contributed by atoms with Gasteiger partial charge >= 0.3 is 0 Å². The van der Waals surface area contributed by atoms with E-state index in [0.717, 1.165) is 12.1 Å². The Morgan fingerprint density at radius 2 is 2.19 bits per heavy atom. The van der Waals surface area contributed by atoms with Crippen LogP contribution in [0.2, 0.25) is 0 Å². The third kappa shape index (κ3) is 3.23. The van der Waals surface area contributed by atoms with Crippen LogP contribution in [0.1, 0.15) is 18.8 Å². The Balaban J connectivity index is 2.38. The summed E-state index contributed by atoms with van der Waals surface area (Å²) in [6.45, 7) is 1.52. The van der Waals surface area contributed by atoms with Crippen LogP contribution in [-0.4, -0.2) is 23.3 Å². The number of sulfonamides is 1. The molecule has 0 amide bonds. The number of nitro groups is 1. The van der Waals surface area contributed by atoms with Crippen LogP contribution in [-0.2, 0) is 10.0 Å². The molecule has 1 heterocycles. The maximum Gasteiger partial charge on any atom is 0.292 e. The van der Waals surface area contributed by atoms with E-state index in [-0.39, 0.29) is 0 Å². The van der Waals surface area contributed by atoms with Gasteiger partial charge in [-0.2, -0.15) is 0 Å². The highest BCUT2D eigenvalue weighted by molar-refractivity contribution is 7.89. The Hall–Kier alpha value is -2.33. The molecule has 0 spiro atoms. The molecular formula is C11H11FN4O4S. The third-order valence-electron chi connectivity index (χ3n) is 2.67. The van der Waals surface area contributed by atoms with Gasteiger partial charge in [0.15, 0.2) is 4.90 Å². The molecule has 0 bridgehead atoms. The number of rotatable bonds is 5. The number of nitrogens with zero attached hydrogens (tertiary/aromatic N) is 2. The van der Waals surface area contributed by atoms with Crippen molar-refractivity contribution in [1.82, 2.24) is 14.7 Å². The Labute approximate surface area is 119 Å². The minimum atomic E-state index is -4.20. The van der Waals surface area contributed by atoms with Crippen molar-refractivity contribution in [2.24, 2.45) is 0 Å². The number of nitro benzene ring substituents is 1. The van der Waals surface area contributed by atoms with Gasteiger partial charge in [0, 0.05) is 12.4 Å². The molecule has 0 saturated carbocycles. The number of nitrogens with one attached hydrogen (secondary N) is 2. The lowest BCUT2D eigenvalue weighted by Gasteiger charge is -2.12. The molecule has 112 valence electrons. The number of aromatic amines is 1. The zero-order valence-corrected chi connectivity index (χ0v) is 11.6. The van der Waals surface area contributed by atoms with E-state index in [9.17, 15) is 22.9 Å². The van der Waals surface area contributed by atoms with Crippen LogP contribution in [0.3, 0.4) is 0 Å². The van der Waals surface area contributed by atoms with Crippen LogP contribution in [0.5, 0.6) is 0 Å². The first-order chi connectivity index (χ1) is 9.81. The number of benzene rings is 1. The maximum atomic E-state index is 13.0. The molecule has 2 N–H and O–H groups in total. The summed E-state index contributed by atoms with van der Waals surface area (Å²) in [4.78, 5) is 15.9. The van der Waals surface area contributed by atoms with E-state index in [2.05, 4.69) is 14.7 Å². The van der Waals surface area contributed by atoms with Crippen molar-refractivity contribution in [2.45, 2.75) is 17.9 Å². The van der Waals surface area contributed by atoms with E-state index in [1.165, 1.54) is 19.3 Å². The molecule has 0 radical (unpaired) electrons. The minimum absolute atomic E-state index is 0.350. The van der Waals surface area contributed by atoms with E-state index in [0.29, 0.717) is 11.9 Å². The zero-order chi connectivity index (χ0) is 15.6. The second-order valence-electron chi connectivity index (χ2n) is 4.19. The van der Waals surface area contributed by atoms with Crippen molar-refractivity contribution in [3.8, 4) is 0 Å². The van der Waals surface area contributed by atoms with Crippen LogP contribution in [0.4, 0.5) is 10.1 Å². The number of aromatic nitrogens is 2. The molecule has 0 aliphatic carbocycles. The van der Waals surface area contributed by atoms with Crippen LogP contribution >= 0.6 is 0 Å². The molecule has 0 saturated heterocycles. The highest BCUT2D eigenvalue weighted by Gasteiger charge is 2.28. The summed E-state index contributed by atoms with van der Waals surface area (Å²) in [6.07, 6.45) is 2.96. The summed E-state index contributed by atoms with van der Waals surface area (Å²) in [5.74, 6) is -0.539. The first-order valence-electron chi connectivity index (χ1n) is 5.77. The predicted octanol–water partition coefficient (Wildman–Crippen LogP) is 1.50. The van der Waals surface area contributed by atoms with Crippen molar-refractivity contribution in [1.29, 1.82) is 0 Å². The summed E-state index contributed by atoms with van der Waals surface area (Å²) in [5.41, 5.74) is -0.825. The first-order valence-corrected chi connectivity index (χ1v) is 7.25. The lowest BCUT2D eigenvalue weighted by atomic mass is 10.3. The zero-order valence-electron chi connectivity index (χ0n) is 10.8. The van der Waals surface area contributed by atoms with E-state index in [1.54, 1.807) is 0 Å². The molecule has 1 unspecified atom stereocenters. The fraction of sp³-hybridized carbons (Fsp3) is 0.182. The highest BCUT2D eigenvalue weighted by Crippen LogP contribution is 2.25. The highest BCUT2D eigenvalue weighted by atomic mass is 32.2. The molecule has 0 aliphatic rings. The predicted molar refractivity (Wildman–Crippen MR) is 70.4 cm³/mol. The summed E-state index contributed by atoms with van der Waals surface area (Å²) in [7, 11) is -4.20. The molecule has 1 aromatic heterocycles. The van der Waals surface area contributed by atoms with Crippen molar-refractivity contribution >= 4 is 15.7 Å². The van der Waals surface area contributed by atoms with Gasteiger partial charge in [0.2, 0.25) is 10.0 Å². The van der Waals surface area contributed by atoms with E-state index < -0.39 is 37.4 Å². The second-order valence-corrected chi connectivity index (χ2v) is 5.87. The van der Waals surface area contributed by atoms with Gasteiger partial charge in [-0.15, -0.1) is 0 Å². The van der Waals surface area contributed by atoms with Crippen molar-refractivity contribution in [2.75, 3.05) is 0 Å². The normalized spacial score (nSPS) is 13.0. The van der Waals surface area contributed by atoms with Gasteiger partial charge in [0.1, 0.15) is 11.6 Å². The first kappa shape index (κ1) is 15.1. The number of hydrogen-bond donors (Lipinski definition) is 2. The van der Waals surface area contributed by atoms with Crippen LogP contribution in [0.15, 0.2) is 35.5 Å². The minimum Gasteiger partial charge on any atom is -0.347 e. The lowest BCUT2D eigenvalue weighted by Crippen LogP contribution is -2.28. The Kier molecular flexibility index (Phi) is 4.00. The number of halogens is 1. The lowest BCUT2D eigenvalue weighted by molar-refractivity contribution is -0.388. The topological polar surface area (TPSA) is 118 Å². The average Bonchev–Trinajstić information content (AvgIpc) is 2.91. The van der Waals surface area contributed by atoms with Crippen molar-refractivity contribution in [3.05, 3.63) is 52.3 Å². The number of hydrogen-bond acceptors (Lipinski definition) is 5. The second kappa shape index (κ2) is 5.58. The van der Waals surface area contributed by atoms with Crippen LogP contribution in [0, 0.1) is 15.9 Å². The molecule has 10 heteroatoms. The van der Waals surface area contributed by atoms with Gasteiger partial charge in [-0.3, -0.25) is 10.1 Å². The van der Waals surface area contributed by atoms with E-state index in [1.807, 2.05) is 0 Å². The molecular weight excluding hydrogens is 303 g/mol. The standard InChI is InChI=1S/C11H11FN4O4S/c1-7(11-13-4-5-14-11)15-21(19,20)10-3-2-8(12)6-9(10)16(17)18/h2-7,15H,1H3,(H,13,14). The molecule has 1 atom stereocenters.